The lowest BCUT2D eigenvalue weighted by atomic mass is 9.98. The highest BCUT2D eigenvalue weighted by molar-refractivity contribution is 14.1. The molecule has 4 heteroatoms. The summed E-state index contributed by atoms with van der Waals surface area (Å²) in [7, 11) is 1.62. The summed E-state index contributed by atoms with van der Waals surface area (Å²) in [6, 6.07) is 7.37. The van der Waals surface area contributed by atoms with Crippen molar-refractivity contribution in [3.63, 3.8) is 0 Å². The first kappa shape index (κ1) is 15.3. The molecule has 1 rings (SSSR count). The van der Waals surface area contributed by atoms with Gasteiger partial charge < -0.3 is 10.1 Å². The van der Waals surface area contributed by atoms with E-state index in [9.17, 15) is 4.79 Å². The molecule has 0 fully saturated rings. The minimum atomic E-state index is -0.00676. The highest BCUT2D eigenvalue weighted by Gasteiger charge is 2.24. The van der Waals surface area contributed by atoms with Crippen LogP contribution in [0.5, 0.6) is 5.75 Å². The average molecular weight is 361 g/mol. The van der Waals surface area contributed by atoms with E-state index in [1.165, 1.54) is 0 Å². The first-order chi connectivity index (χ1) is 8.45. The largest absolute Gasteiger partial charge is 0.497 e. The minimum Gasteiger partial charge on any atom is -0.497 e. The van der Waals surface area contributed by atoms with Crippen LogP contribution in [0, 0.1) is 11.8 Å². The second kappa shape index (κ2) is 6.97. The molecule has 1 N–H and O–H groups in total. The molecule has 0 aliphatic rings. The molecule has 1 amide bonds. The summed E-state index contributed by atoms with van der Waals surface area (Å²) >= 11 is 2.35. The van der Waals surface area contributed by atoms with Gasteiger partial charge in [0.2, 0.25) is 5.91 Å². The third-order valence-corrected chi connectivity index (χ3v) is 5.40. The number of nitrogens with one attached hydrogen (secondary N) is 1. The van der Waals surface area contributed by atoms with Crippen molar-refractivity contribution in [2.75, 3.05) is 12.4 Å². The van der Waals surface area contributed by atoms with Crippen molar-refractivity contribution in [2.24, 2.45) is 11.8 Å². The molecule has 0 unspecified atom stereocenters. The Morgan fingerprint density at radius 2 is 1.78 bits per heavy atom. The van der Waals surface area contributed by atoms with Gasteiger partial charge in [0.05, 0.1) is 7.11 Å². The highest BCUT2D eigenvalue weighted by atomic mass is 127. The zero-order chi connectivity index (χ0) is 13.7. The first-order valence-electron chi connectivity index (χ1n) is 6.04. The number of hydrogen-bond acceptors (Lipinski definition) is 2. The summed E-state index contributed by atoms with van der Waals surface area (Å²) in [5.41, 5.74) is 0.806. The van der Waals surface area contributed by atoms with Gasteiger partial charge in [-0.25, -0.2) is 0 Å². The van der Waals surface area contributed by atoms with Gasteiger partial charge in [-0.3, -0.25) is 4.79 Å². The van der Waals surface area contributed by atoms with E-state index < -0.39 is 0 Å². The fourth-order valence-electron chi connectivity index (χ4n) is 1.65. The second-order valence-corrected chi connectivity index (χ2v) is 6.13. The van der Waals surface area contributed by atoms with Crippen LogP contribution >= 0.6 is 22.6 Å². The first-order valence-corrected chi connectivity index (χ1v) is 7.29. The molecule has 0 aromatic heterocycles. The number of hydrogen-bond donors (Lipinski definition) is 1. The summed E-state index contributed by atoms with van der Waals surface area (Å²) in [6.07, 6.45) is 0. The van der Waals surface area contributed by atoms with E-state index in [1.54, 1.807) is 7.11 Å². The van der Waals surface area contributed by atoms with Crippen LogP contribution in [0.2, 0.25) is 0 Å². The van der Waals surface area contributed by atoms with Crippen LogP contribution in [-0.2, 0) is 4.79 Å². The van der Waals surface area contributed by atoms with Gasteiger partial charge in [0, 0.05) is 15.5 Å². The van der Waals surface area contributed by atoms with Crippen LogP contribution in [0.1, 0.15) is 20.8 Å². The lowest BCUT2D eigenvalue weighted by Crippen LogP contribution is -2.30. The number of alkyl halides is 1. The van der Waals surface area contributed by atoms with Crippen molar-refractivity contribution in [1.82, 2.24) is 0 Å². The van der Waals surface area contributed by atoms with E-state index >= 15 is 0 Å². The van der Waals surface area contributed by atoms with E-state index in [1.807, 2.05) is 31.2 Å². The summed E-state index contributed by atoms with van der Waals surface area (Å²) in [5, 5.41) is 2.93. The number of methoxy groups -OCH3 is 1. The normalized spacial score (nSPS) is 14.1. The number of amides is 1. The molecule has 0 saturated heterocycles. The Labute approximate surface area is 122 Å². The number of benzene rings is 1. The maximum Gasteiger partial charge on any atom is 0.228 e. The van der Waals surface area contributed by atoms with Crippen LogP contribution in [0.15, 0.2) is 24.3 Å². The highest BCUT2D eigenvalue weighted by Crippen LogP contribution is 2.23. The van der Waals surface area contributed by atoms with Gasteiger partial charge >= 0.3 is 0 Å². The number of anilines is 1. The third kappa shape index (κ3) is 4.15. The molecule has 18 heavy (non-hydrogen) atoms. The molecule has 0 saturated carbocycles. The number of carbonyl (C=O) groups excluding carboxylic acids is 1. The zero-order valence-electron chi connectivity index (χ0n) is 11.2. The lowest BCUT2D eigenvalue weighted by Gasteiger charge is -2.21. The van der Waals surface area contributed by atoms with E-state index in [0.717, 1.165) is 11.4 Å². The quantitative estimate of drug-likeness (QED) is 0.641. The SMILES string of the molecule is COc1ccc(NC(=O)[C@@H](C)[C@H](I)C(C)C)cc1. The van der Waals surface area contributed by atoms with E-state index in [0.29, 0.717) is 9.84 Å². The van der Waals surface area contributed by atoms with Crippen molar-refractivity contribution >= 4 is 34.2 Å². The van der Waals surface area contributed by atoms with E-state index in [4.69, 9.17) is 4.74 Å². The molecule has 0 aliphatic heterocycles. The summed E-state index contributed by atoms with van der Waals surface area (Å²) < 4.78 is 5.41. The molecule has 2 atom stereocenters. The van der Waals surface area contributed by atoms with Gasteiger partial charge in [0.25, 0.3) is 0 Å². The minimum absolute atomic E-state index is 0.00676. The van der Waals surface area contributed by atoms with Crippen molar-refractivity contribution in [2.45, 2.75) is 24.7 Å². The summed E-state index contributed by atoms with van der Waals surface area (Å²) in [5.74, 6) is 1.33. The van der Waals surface area contributed by atoms with Gasteiger partial charge in [-0.2, -0.15) is 0 Å². The monoisotopic (exact) mass is 361 g/mol. The second-order valence-electron chi connectivity index (χ2n) is 4.69. The lowest BCUT2D eigenvalue weighted by molar-refractivity contribution is -0.119. The molecule has 0 aliphatic carbocycles. The van der Waals surface area contributed by atoms with Crippen molar-refractivity contribution in [3.8, 4) is 5.75 Å². The van der Waals surface area contributed by atoms with Gasteiger partial charge in [0.15, 0.2) is 0 Å². The Bertz CT molecular complexity index is 389. The fraction of sp³-hybridized carbons (Fsp3) is 0.500. The Balaban J connectivity index is 2.63. The van der Waals surface area contributed by atoms with Gasteiger partial charge in [-0.05, 0) is 30.2 Å². The van der Waals surface area contributed by atoms with Crippen LogP contribution in [0.4, 0.5) is 5.69 Å². The van der Waals surface area contributed by atoms with Crippen molar-refractivity contribution in [1.29, 1.82) is 0 Å². The zero-order valence-corrected chi connectivity index (χ0v) is 13.4. The Kier molecular flexibility index (Phi) is 5.91. The number of halogens is 1. The number of carbonyl (C=O) groups is 1. The van der Waals surface area contributed by atoms with Crippen molar-refractivity contribution in [3.05, 3.63) is 24.3 Å². The van der Waals surface area contributed by atoms with E-state index in [-0.39, 0.29) is 11.8 Å². The average Bonchev–Trinajstić information content (AvgIpc) is 2.37. The molecule has 1 aromatic rings. The van der Waals surface area contributed by atoms with Crippen LogP contribution in [0.3, 0.4) is 0 Å². The van der Waals surface area contributed by atoms with Crippen LogP contribution in [0.25, 0.3) is 0 Å². The van der Waals surface area contributed by atoms with Crippen LogP contribution in [-0.4, -0.2) is 16.9 Å². The molecule has 1 aromatic carbocycles. The number of ether oxygens (including phenoxy) is 1. The Morgan fingerprint density at radius 1 is 1.22 bits per heavy atom. The van der Waals surface area contributed by atoms with Crippen LogP contribution < -0.4 is 10.1 Å². The molecule has 0 radical (unpaired) electrons. The Hall–Kier alpha value is -0.780. The molecule has 3 nitrogen and oxygen atoms in total. The van der Waals surface area contributed by atoms with Crippen molar-refractivity contribution < 1.29 is 9.53 Å². The molecule has 0 spiro atoms. The maximum atomic E-state index is 12.1. The number of rotatable bonds is 5. The summed E-state index contributed by atoms with van der Waals surface area (Å²) in [6.45, 7) is 6.23. The fourth-order valence-corrected chi connectivity index (χ4v) is 1.98. The standard InChI is InChI=1S/C14H20INO2/c1-9(2)13(15)10(3)14(17)16-11-5-7-12(18-4)8-6-11/h5-10,13H,1-4H3,(H,16,17)/t10-,13+/m0/s1. The molecule has 0 bridgehead atoms. The predicted octanol–water partition coefficient (Wildman–Crippen LogP) is 3.73. The summed E-state index contributed by atoms with van der Waals surface area (Å²) in [4.78, 5) is 12.1. The molecular formula is C14H20INO2. The predicted molar refractivity (Wildman–Crippen MR) is 83.4 cm³/mol. The van der Waals surface area contributed by atoms with Gasteiger partial charge in [-0.1, -0.05) is 43.4 Å². The van der Waals surface area contributed by atoms with Gasteiger partial charge in [0.1, 0.15) is 5.75 Å². The topological polar surface area (TPSA) is 38.3 Å². The molecule has 0 heterocycles. The smallest absolute Gasteiger partial charge is 0.228 e. The Morgan fingerprint density at radius 3 is 2.22 bits per heavy atom. The third-order valence-electron chi connectivity index (χ3n) is 2.89. The maximum absolute atomic E-state index is 12.1. The van der Waals surface area contributed by atoms with E-state index in [2.05, 4.69) is 41.8 Å². The molecular weight excluding hydrogens is 341 g/mol. The van der Waals surface area contributed by atoms with Gasteiger partial charge in [-0.15, -0.1) is 0 Å². The molecule has 100 valence electrons.